The van der Waals surface area contributed by atoms with Crippen LogP contribution in [0.5, 0.6) is 5.75 Å². The molecule has 1 atom stereocenters. The van der Waals surface area contributed by atoms with Crippen LogP contribution in [0.1, 0.15) is 44.6 Å². The van der Waals surface area contributed by atoms with Crippen molar-refractivity contribution >= 4 is 31.5 Å². The average Bonchev–Trinajstić information content (AvgIpc) is 3.31. The Morgan fingerprint density at radius 2 is 1.89 bits per heavy atom. The third-order valence-corrected chi connectivity index (χ3v) is 6.45. The molecular formula is C22H24F2O2S. The standard InChI is InChI=1S/C22H24F2O2S/c1-2-3-12-26-18-11-10-17-16-9-7-14(6-8-15-5-4-13-25-15)19(23)21(16)27-22(17)20(18)24/h7,9-11,15H,2-6,8,12-13H2,1H3. The maximum Gasteiger partial charge on any atom is 0.182 e. The van der Waals surface area contributed by atoms with E-state index < -0.39 is 0 Å². The molecule has 1 fully saturated rings. The molecule has 2 nitrogen and oxygen atoms in total. The summed E-state index contributed by atoms with van der Waals surface area (Å²) in [6, 6.07) is 7.24. The van der Waals surface area contributed by atoms with Crippen LogP contribution in [0.3, 0.4) is 0 Å². The van der Waals surface area contributed by atoms with Crippen molar-refractivity contribution < 1.29 is 18.3 Å². The Morgan fingerprint density at radius 3 is 2.63 bits per heavy atom. The second-order valence-electron chi connectivity index (χ2n) is 7.15. The number of fused-ring (bicyclic) bond motifs is 3. The van der Waals surface area contributed by atoms with Gasteiger partial charge in [-0.2, -0.15) is 0 Å². The number of hydrogen-bond donors (Lipinski definition) is 0. The van der Waals surface area contributed by atoms with Crippen LogP contribution in [0.15, 0.2) is 24.3 Å². The van der Waals surface area contributed by atoms with Gasteiger partial charge in [0.1, 0.15) is 5.82 Å². The number of benzene rings is 2. The Bertz CT molecular complexity index is 945. The summed E-state index contributed by atoms with van der Waals surface area (Å²) >= 11 is 1.18. The minimum Gasteiger partial charge on any atom is -0.490 e. The van der Waals surface area contributed by atoms with Crippen LogP contribution in [0.4, 0.5) is 8.78 Å². The molecule has 0 N–H and O–H groups in total. The number of rotatable bonds is 7. The molecule has 0 radical (unpaired) electrons. The first-order chi connectivity index (χ1) is 13.2. The van der Waals surface area contributed by atoms with Crippen molar-refractivity contribution in [2.75, 3.05) is 13.2 Å². The molecule has 3 aromatic rings. The minimum absolute atomic E-state index is 0.223. The predicted molar refractivity (Wildman–Crippen MR) is 107 cm³/mol. The van der Waals surface area contributed by atoms with Crippen molar-refractivity contribution in [1.29, 1.82) is 0 Å². The number of ether oxygens (including phenoxy) is 2. The molecule has 27 heavy (non-hydrogen) atoms. The van der Waals surface area contributed by atoms with Crippen LogP contribution in [0.25, 0.3) is 20.2 Å². The molecule has 4 rings (SSSR count). The lowest BCUT2D eigenvalue weighted by Gasteiger charge is -2.09. The van der Waals surface area contributed by atoms with Crippen LogP contribution in [-0.2, 0) is 11.2 Å². The first-order valence-corrected chi connectivity index (χ1v) is 10.6. The van der Waals surface area contributed by atoms with Crippen molar-refractivity contribution in [3.8, 4) is 5.75 Å². The highest BCUT2D eigenvalue weighted by Crippen LogP contribution is 2.40. The second kappa shape index (κ2) is 8.11. The summed E-state index contributed by atoms with van der Waals surface area (Å²) in [5.74, 6) is -0.355. The number of halogens is 2. The molecular weight excluding hydrogens is 366 g/mol. The highest BCUT2D eigenvalue weighted by atomic mass is 32.1. The van der Waals surface area contributed by atoms with Gasteiger partial charge in [0.05, 0.1) is 22.1 Å². The van der Waals surface area contributed by atoms with Crippen LogP contribution < -0.4 is 4.74 Å². The molecule has 2 aromatic carbocycles. The average molecular weight is 390 g/mol. The molecule has 0 bridgehead atoms. The predicted octanol–water partition coefficient (Wildman–Crippen LogP) is 6.62. The summed E-state index contributed by atoms with van der Waals surface area (Å²) in [6.45, 7) is 3.37. The van der Waals surface area contributed by atoms with Gasteiger partial charge in [0.25, 0.3) is 0 Å². The van der Waals surface area contributed by atoms with Gasteiger partial charge in [-0.1, -0.05) is 25.5 Å². The zero-order chi connectivity index (χ0) is 18.8. The monoisotopic (exact) mass is 390 g/mol. The summed E-state index contributed by atoms with van der Waals surface area (Å²) in [7, 11) is 0. The van der Waals surface area contributed by atoms with Gasteiger partial charge in [0.2, 0.25) is 0 Å². The van der Waals surface area contributed by atoms with Gasteiger partial charge in [-0.3, -0.25) is 0 Å². The second-order valence-corrected chi connectivity index (χ2v) is 8.17. The number of hydrogen-bond acceptors (Lipinski definition) is 3. The first kappa shape index (κ1) is 18.6. The molecule has 0 spiro atoms. The highest BCUT2D eigenvalue weighted by molar-refractivity contribution is 7.25. The molecule has 1 aliphatic rings. The molecule has 2 heterocycles. The molecule has 1 aromatic heterocycles. The molecule has 1 saturated heterocycles. The molecule has 0 aliphatic carbocycles. The van der Waals surface area contributed by atoms with E-state index in [1.54, 1.807) is 6.07 Å². The van der Waals surface area contributed by atoms with Gasteiger partial charge in [-0.15, -0.1) is 11.3 Å². The van der Waals surface area contributed by atoms with Crippen LogP contribution in [-0.4, -0.2) is 19.3 Å². The Hall–Kier alpha value is -1.72. The van der Waals surface area contributed by atoms with E-state index in [1.165, 1.54) is 11.3 Å². The fraction of sp³-hybridized carbons (Fsp3) is 0.455. The Morgan fingerprint density at radius 1 is 1.11 bits per heavy atom. The summed E-state index contributed by atoms with van der Waals surface area (Å²) in [5.41, 5.74) is 0.685. The molecule has 1 aliphatic heterocycles. The van der Waals surface area contributed by atoms with E-state index in [4.69, 9.17) is 9.47 Å². The molecule has 1 unspecified atom stereocenters. The topological polar surface area (TPSA) is 18.5 Å². The van der Waals surface area contributed by atoms with Crippen molar-refractivity contribution in [2.45, 2.75) is 51.6 Å². The van der Waals surface area contributed by atoms with Crippen molar-refractivity contribution in [1.82, 2.24) is 0 Å². The van der Waals surface area contributed by atoms with Gasteiger partial charge >= 0.3 is 0 Å². The smallest absolute Gasteiger partial charge is 0.182 e. The highest BCUT2D eigenvalue weighted by Gasteiger charge is 2.20. The van der Waals surface area contributed by atoms with E-state index in [9.17, 15) is 4.39 Å². The van der Waals surface area contributed by atoms with E-state index in [0.29, 0.717) is 28.0 Å². The molecule has 0 amide bonds. The number of aryl methyl sites for hydroxylation is 1. The third kappa shape index (κ3) is 3.67. The van der Waals surface area contributed by atoms with E-state index in [0.717, 1.165) is 49.5 Å². The van der Waals surface area contributed by atoms with Crippen molar-refractivity contribution in [2.24, 2.45) is 0 Å². The number of thiophene rings is 1. The number of unbranched alkanes of at least 4 members (excludes halogenated alkanes) is 1. The molecule has 0 saturated carbocycles. The van der Waals surface area contributed by atoms with Crippen LogP contribution in [0, 0.1) is 11.6 Å². The largest absolute Gasteiger partial charge is 0.490 e. The Balaban J connectivity index is 1.65. The van der Waals surface area contributed by atoms with Gasteiger partial charge in [-0.25, -0.2) is 8.78 Å². The van der Waals surface area contributed by atoms with E-state index in [2.05, 4.69) is 6.92 Å². The van der Waals surface area contributed by atoms with Crippen molar-refractivity contribution in [3.05, 3.63) is 41.5 Å². The summed E-state index contributed by atoms with van der Waals surface area (Å²) in [6.07, 6.45) is 5.73. The third-order valence-electron chi connectivity index (χ3n) is 5.25. The van der Waals surface area contributed by atoms with Gasteiger partial charge in [-0.05, 0) is 49.8 Å². The van der Waals surface area contributed by atoms with Gasteiger partial charge < -0.3 is 9.47 Å². The normalized spacial score (nSPS) is 17.2. The zero-order valence-electron chi connectivity index (χ0n) is 15.5. The zero-order valence-corrected chi connectivity index (χ0v) is 16.3. The Labute approximate surface area is 162 Å². The fourth-order valence-corrected chi connectivity index (χ4v) is 4.87. The van der Waals surface area contributed by atoms with Crippen LogP contribution in [0.2, 0.25) is 0 Å². The SMILES string of the molecule is CCCCOc1ccc2c(sc3c(F)c(CCC4CCCO4)ccc32)c1F. The lowest BCUT2D eigenvalue weighted by molar-refractivity contribution is 0.104. The maximum atomic E-state index is 15.1. The molecule has 144 valence electrons. The Kier molecular flexibility index (Phi) is 5.60. The first-order valence-electron chi connectivity index (χ1n) is 9.75. The van der Waals surface area contributed by atoms with E-state index >= 15 is 4.39 Å². The lowest BCUT2D eigenvalue weighted by Crippen LogP contribution is -2.06. The van der Waals surface area contributed by atoms with Gasteiger partial charge in [0, 0.05) is 17.4 Å². The minimum atomic E-state index is -0.384. The molecule has 5 heteroatoms. The lowest BCUT2D eigenvalue weighted by atomic mass is 10.0. The van der Waals surface area contributed by atoms with Gasteiger partial charge in [0.15, 0.2) is 11.6 Å². The van der Waals surface area contributed by atoms with E-state index in [1.807, 2.05) is 18.2 Å². The van der Waals surface area contributed by atoms with Crippen LogP contribution >= 0.6 is 11.3 Å². The van der Waals surface area contributed by atoms with Crippen molar-refractivity contribution in [3.63, 3.8) is 0 Å². The van der Waals surface area contributed by atoms with E-state index in [-0.39, 0.29) is 23.5 Å². The summed E-state index contributed by atoms with van der Waals surface area (Å²) in [4.78, 5) is 0. The quantitative estimate of drug-likeness (QED) is 0.422. The summed E-state index contributed by atoms with van der Waals surface area (Å²) < 4.78 is 42.1. The fourth-order valence-electron chi connectivity index (χ4n) is 3.68. The maximum absolute atomic E-state index is 15.1. The summed E-state index contributed by atoms with van der Waals surface area (Å²) in [5, 5.41) is 1.52.